The van der Waals surface area contributed by atoms with Gasteiger partial charge >= 0.3 is 0 Å². The lowest BCUT2D eigenvalue weighted by atomic mass is 10.1. The van der Waals surface area contributed by atoms with Gasteiger partial charge in [-0.15, -0.1) is 5.10 Å². The maximum Gasteiger partial charge on any atom is 0.118 e. The molecule has 0 unspecified atom stereocenters. The minimum absolute atomic E-state index is 0.260. The topological polar surface area (TPSA) is 60.2 Å². The Morgan fingerprint density at radius 2 is 2.10 bits per heavy atom. The molecule has 1 saturated carbocycles. The highest BCUT2D eigenvalue weighted by Crippen LogP contribution is 2.39. The van der Waals surface area contributed by atoms with Crippen LogP contribution in [-0.2, 0) is 0 Å². The van der Waals surface area contributed by atoms with E-state index < -0.39 is 0 Å². The molecule has 0 saturated heterocycles. The summed E-state index contributed by atoms with van der Waals surface area (Å²) in [7, 11) is 1.66. The van der Waals surface area contributed by atoms with Gasteiger partial charge in [0.25, 0.3) is 0 Å². The molecule has 0 spiro atoms. The average molecular weight is 399 g/mol. The van der Waals surface area contributed by atoms with E-state index in [4.69, 9.17) is 4.74 Å². The number of benzene rings is 1. The van der Waals surface area contributed by atoms with E-state index in [1.54, 1.807) is 7.11 Å². The number of aliphatic hydroxyl groups is 1. The van der Waals surface area contributed by atoms with Gasteiger partial charge in [-0.1, -0.05) is 27.8 Å². The second kappa shape index (κ2) is 6.31. The number of ether oxygens (including phenoxy) is 1. The van der Waals surface area contributed by atoms with Crippen molar-refractivity contribution in [2.24, 2.45) is 5.92 Å². The van der Waals surface area contributed by atoms with Crippen LogP contribution in [0.15, 0.2) is 30.5 Å². The molecule has 1 N–H and O–H groups in total. The van der Waals surface area contributed by atoms with E-state index in [0.29, 0.717) is 15.9 Å². The Morgan fingerprint density at radius 3 is 2.71 bits per heavy atom. The maximum absolute atomic E-state index is 9.32. The number of aromatic nitrogens is 3. The third-order valence-electron chi connectivity index (χ3n) is 4.04. The summed E-state index contributed by atoms with van der Waals surface area (Å²) in [5, 5.41) is 17.9. The number of methoxy groups -OCH3 is 1. The summed E-state index contributed by atoms with van der Waals surface area (Å²) in [6, 6.07) is 8.14. The zero-order valence-corrected chi connectivity index (χ0v) is 14.0. The lowest BCUT2D eigenvalue weighted by Crippen LogP contribution is -2.14. The number of hydrogen-bond acceptors (Lipinski definition) is 4. The van der Waals surface area contributed by atoms with Gasteiger partial charge in [-0.3, -0.25) is 0 Å². The van der Waals surface area contributed by atoms with E-state index in [2.05, 4.69) is 32.9 Å². The second-order valence-corrected chi connectivity index (χ2v) is 7.02. The van der Waals surface area contributed by atoms with Crippen LogP contribution in [-0.4, -0.2) is 37.7 Å². The molecule has 1 aliphatic carbocycles. The number of halogens is 1. The Kier molecular flexibility index (Phi) is 4.44. The molecular weight excluding hydrogens is 381 g/mol. The predicted molar refractivity (Wildman–Crippen MR) is 88.7 cm³/mol. The first-order valence-electron chi connectivity index (χ1n) is 7.02. The quantitative estimate of drug-likeness (QED) is 0.635. The monoisotopic (exact) mass is 399 g/mol. The van der Waals surface area contributed by atoms with Crippen LogP contribution in [0.2, 0.25) is 0 Å². The van der Waals surface area contributed by atoms with Crippen molar-refractivity contribution in [1.29, 1.82) is 0 Å². The van der Waals surface area contributed by atoms with Crippen LogP contribution < -0.4 is 4.74 Å². The number of alkyl halides is 1. The Hall–Kier alpha value is -1.15. The first-order valence-corrected chi connectivity index (χ1v) is 8.27. The van der Waals surface area contributed by atoms with E-state index in [1.165, 1.54) is 0 Å². The molecule has 6 heteroatoms. The van der Waals surface area contributed by atoms with Gasteiger partial charge in [0.05, 0.1) is 19.3 Å². The zero-order valence-electron chi connectivity index (χ0n) is 11.8. The average Bonchev–Trinajstić information content (AvgIpc) is 3.13. The smallest absolute Gasteiger partial charge is 0.118 e. The van der Waals surface area contributed by atoms with E-state index in [-0.39, 0.29) is 6.61 Å². The van der Waals surface area contributed by atoms with Crippen LogP contribution in [0.1, 0.15) is 18.9 Å². The molecule has 112 valence electrons. The summed E-state index contributed by atoms with van der Waals surface area (Å²) in [6.07, 6.45) is 4.01. The molecule has 5 nitrogen and oxygen atoms in total. The number of nitrogens with zero attached hydrogens (tertiary/aromatic N) is 3. The Morgan fingerprint density at radius 1 is 1.33 bits per heavy atom. The number of aliphatic hydroxyl groups excluding tert-OH is 1. The standard InChI is InChI=1S/C15H18IN3O2/c1-21-12-4-2-11(3-5-12)14-8-19(18-17-14)15-7-10(9-20)6-13(15)16/h2-5,8,10,13,15,20H,6-7,9H2,1H3/t10-,13-,15-/m1/s1. The minimum atomic E-state index is 0.260. The highest BCUT2D eigenvalue weighted by Gasteiger charge is 2.34. The molecule has 0 bridgehead atoms. The SMILES string of the molecule is COc1ccc(-c2cn([C@@H]3C[C@H](CO)C[C@H]3I)nn2)cc1. The van der Waals surface area contributed by atoms with E-state index >= 15 is 0 Å². The van der Waals surface area contributed by atoms with Crippen LogP contribution in [0, 0.1) is 5.92 Å². The Balaban J connectivity index is 1.79. The summed E-state index contributed by atoms with van der Waals surface area (Å²) in [5.41, 5.74) is 1.90. The molecule has 21 heavy (non-hydrogen) atoms. The molecule has 1 fully saturated rings. The van der Waals surface area contributed by atoms with E-state index in [1.807, 2.05) is 35.1 Å². The van der Waals surface area contributed by atoms with E-state index in [9.17, 15) is 5.11 Å². The van der Waals surface area contributed by atoms with Crippen molar-refractivity contribution < 1.29 is 9.84 Å². The van der Waals surface area contributed by atoms with Crippen molar-refractivity contribution in [2.45, 2.75) is 22.8 Å². The first-order chi connectivity index (χ1) is 10.2. The zero-order chi connectivity index (χ0) is 14.8. The lowest BCUT2D eigenvalue weighted by Gasteiger charge is -2.13. The fraction of sp³-hybridized carbons (Fsp3) is 0.467. The van der Waals surface area contributed by atoms with Gasteiger partial charge in [0.15, 0.2) is 0 Å². The molecule has 0 aliphatic heterocycles. The molecule has 1 heterocycles. The molecule has 2 aromatic rings. The van der Waals surface area contributed by atoms with Crippen molar-refractivity contribution in [1.82, 2.24) is 15.0 Å². The van der Waals surface area contributed by atoms with Gasteiger partial charge in [-0.05, 0) is 43.0 Å². The Labute approximate surface area is 137 Å². The van der Waals surface area contributed by atoms with Crippen LogP contribution in [0.4, 0.5) is 0 Å². The molecular formula is C15H18IN3O2. The first kappa shape index (κ1) is 14.8. The van der Waals surface area contributed by atoms with Crippen LogP contribution in [0.25, 0.3) is 11.3 Å². The van der Waals surface area contributed by atoms with E-state index in [0.717, 1.165) is 29.8 Å². The number of hydrogen-bond donors (Lipinski definition) is 1. The van der Waals surface area contributed by atoms with Crippen LogP contribution in [0.5, 0.6) is 5.75 Å². The van der Waals surface area contributed by atoms with Gasteiger partial charge in [-0.2, -0.15) is 0 Å². The van der Waals surface area contributed by atoms with Crippen LogP contribution >= 0.6 is 22.6 Å². The third-order valence-corrected chi connectivity index (χ3v) is 5.38. The fourth-order valence-corrected chi connectivity index (χ4v) is 4.16. The van der Waals surface area contributed by atoms with Crippen molar-refractivity contribution in [2.75, 3.05) is 13.7 Å². The normalized spacial score (nSPS) is 25.2. The molecule has 0 radical (unpaired) electrons. The van der Waals surface area contributed by atoms with Gasteiger partial charge in [-0.25, -0.2) is 4.68 Å². The van der Waals surface area contributed by atoms with Crippen LogP contribution in [0.3, 0.4) is 0 Å². The third kappa shape index (κ3) is 3.06. The van der Waals surface area contributed by atoms with Gasteiger partial charge < -0.3 is 9.84 Å². The summed E-state index contributed by atoms with van der Waals surface area (Å²) in [6.45, 7) is 0.260. The molecule has 1 aliphatic rings. The molecule has 1 aromatic heterocycles. The minimum Gasteiger partial charge on any atom is -0.497 e. The molecule has 3 rings (SSSR count). The highest BCUT2D eigenvalue weighted by atomic mass is 127. The van der Waals surface area contributed by atoms with Crippen molar-refractivity contribution in [3.8, 4) is 17.0 Å². The molecule has 0 amide bonds. The summed E-state index contributed by atoms with van der Waals surface area (Å²) in [5.74, 6) is 1.21. The maximum atomic E-state index is 9.32. The molecule has 1 aromatic carbocycles. The Bertz CT molecular complexity index is 599. The summed E-state index contributed by atoms with van der Waals surface area (Å²) >= 11 is 2.45. The van der Waals surface area contributed by atoms with Crippen molar-refractivity contribution in [3.05, 3.63) is 30.5 Å². The van der Waals surface area contributed by atoms with Gasteiger partial charge in [0, 0.05) is 16.1 Å². The van der Waals surface area contributed by atoms with Crippen molar-refractivity contribution in [3.63, 3.8) is 0 Å². The predicted octanol–water partition coefficient (Wildman–Crippen LogP) is 2.70. The second-order valence-electron chi connectivity index (χ2n) is 5.42. The van der Waals surface area contributed by atoms with Gasteiger partial charge in [0.2, 0.25) is 0 Å². The highest BCUT2D eigenvalue weighted by molar-refractivity contribution is 14.1. The summed E-state index contributed by atoms with van der Waals surface area (Å²) < 4.78 is 7.61. The summed E-state index contributed by atoms with van der Waals surface area (Å²) in [4.78, 5) is 0. The fourth-order valence-electron chi connectivity index (χ4n) is 2.82. The lowest BCUT2D eigenvalue weighted by molar-refractivity contribution is 0.225. The van der Waals surface area contributed by atoms with Crippen molar-refractivity contribution >= 4 is 22.6 Å². The number of rotatable bonds is 4. The van der Waals surface area contributed by atoms with Gasteiger partial charge in [0.1, 0.15) is 11.4 Å². The largest absolute Gasteiger partial charge is 0.497 e. The molecule has 3 atom stereocenters.